The van der Waals surface area contributed by atoms with E-state index >= 15 is 0 Å². The molecule has 98 valence electrons. The van der Waals surface area contributed by atoms with Crippen molar-refractivity contribution in [1.82, 2.24) is 0 Å². The molecule has 19 heavy (non-hydrogen) atoms. The first kappa shape index (κ1) is 12.6. The summed E-state index contributed by atoms with van der Waals surface area (Å²) >= 11 is 12.4. The van der Waals surface area contributed by atoms with Crippen molar-refractivity contribution in [3.8, 4) is 11.5 Å². The number of benzene rings is 2. The summed E-state index contributed by atoms with van der Waals surface area (Å²) in [7, 11) is 0. The lowest BCUT2D eigenvalue weighted by Gasteiger charge is -2.11. The number of ether oxygens (including phenoxy) is 2. The van der Waals surface area contributed by atoms with E-state index in [1.165, 1.54) is 0 Å². The van der Waals surface area contributed by atoms with Gasteiger partial charge in [-0.2, -0.15) is 0 Å². The Labute approximate surface area is 121 Å². The van der Waals surface area contributed by atoms with Gasteiger partial charge >= 0.3 is 0 Å². The van der Waals surface area contributed by atoms with Crippen LogP contribution in [0.4, 0.5) is 0 Å². The van der Waals surface area contributed by atoms with Gasteiger partial charge in [0.2, 0.25) is 6.79 Å². The van der Waals surface area contributed by atoms with E-state index in [1.54, 1.807) is 0 Å². The fraction of sp³-hybridized carbons (Fsp3) is 0.200. The van der Waals surface area contributed by atoms with Gasteiger partial charge in [0.25, 0.3) is 0 Å². The average molecular weight is 295 g/mol. The van der Waals surface area contributed by atoms with E-state index < -0.39 is 0 Å². The second-order valence-corrected chi connectivity index (χ2v) is 5.38. The quantitative estimate of drug-likeness (QED) is 0.771. The first-order chi connectivity index (χ1) is 9.22. The minimum atomic E-state index is -0.118. The van der Waals surface area contributed by atoms with Crippen LogP contribution in [-0.4, -0.2) is 6.79 Å². The lowest BCUT2D eigenvalue weighted by molar-refractivity contribution is 0.174. The highest BCUT2D eigenvalue weighted by Gasteiger charge is 2.17. The van der Waals surface area contributed by atoms with Gasteiger partial charge in [0.1, 0.15) is 0 Å². The second kappa shape index (κ2) is 5.32. The van der Waals surface area contributed by atoms with E-state index in [9.17, 15) is 0 Å². The summed E-state index contributed by atoms with van der Waals surface area (Å²) in [5, 5.41) is 0.611. The van der Waals surface area contributed by atoms with Gasteiger partial charge in [0.05, 0.1) is 5.38 Å². The fourth-order valence-electron chi connectivity index (χ4n) is 2.10. The molecular weight excluding hydrogens is 283 g/mol. The number of hydrogen-bond acceptors (Lipinski definition) is 2. The van der Waals surface area contributed by atoms with Gasteiger partial charge in [-0.05, 0) is 41.8 Å². The molecule has 3 rings (SSSR count). The number of hydrogen-bond donors (Lipinski definition) is 0. The van der Waals surface area contributed by atoms with E-state index in [4.69, 9.17) is 32.7 Å². The molecule has 0 aromatic heterocycles. The van der Waals surface area contributed by atoms with E-state index in [1.807, 2.05) is 42.5 Å². The third-order valence-corrected chi connectivity index (χ3v) is 3.70. The topological polar surface area (TPSA) is 18.5 Å². The molecule has 0 fully saturated rings. The standard InChI is InChI=1S/C15H12Cl2O2/c16-12-3-1-2-10(6-12)7-13(17)11-4-5-14-15(8-11)19-9-18-14/h1-6,8,13H,7,9H2. The van der Waals surface area contributed by atoms with Crippen LogP contribution in [0.25, 0.3) is 0 Å². The molecule has 0 saturated carbocycles. The summed E-state index contributed by atoms with van der Waals surface area (Å²) in [5.41, 5.74) is 2.14. The first-order valence-electron chi connectivity index (χ1n) is 6.00. The SMILES string of the molecule is Clc1cccc(CC(Cl)c2ccc3c(c2)OCO3)c1. The van der Waals surface area contributed by atoms with Crippen molar-refractivity contribution in [2.75, 3.05) is 6.79 Å². The monoisotopic (exact) mass is 294 g/mol. The van der Waals surface area contributed by atoms with Gasteiger partial charge in [0, 0.05) is 5.02 Å². The maximum absolute atomic E-state index is 6.46. The van der Waals surface area contributed by atoms with Crippen LogP contribution in [0.15, 0.2) is 42.5 Å². The molecular formula is C15H12Cl2O2. The zero-order valence-electron chi connectivity index (χ0n) is 10.1. The summed E-state index contributed by atoms with van der Waals surface area (Å²) in [4.78, 5) is 0. The summed E-state index contributed by atoms with van der Waals surface area (Å²) in [6, 6.07) is 13.5. The predicted octanol–water partition coefficient (Wildman–Crippen LogP) is 4.59. The lowest BCUT2D eigenvalue weighted by Crippen LogP contribution is -1.96. The Bertz CT molecular complexity index is 598. The minimum absolute atomic E-state index is 0.118. The van der Waals surface area contributed by atoms with Gasteiger partial charge in [-0.1, -0.05) is 29.8 Å². The molecule has 0 bridgehead atoms. The van der Waals surface area contributed by atoms with Crippen LogP contribution in [-0.2, 0) is 6.42 Å². The zero-order valence-corrected chi connectivity index (χ0v) is 11.6. The molecule has 4 heteroatoms. The van der Waals surface area contributed by atoms with Crippen molar-refractivity contribution >= 4 is 23.2 Å². The number of fused-ring (bicyclic) bond motifs is 1. The average Bonchev–Trinajstić information content (AvgIpc) is 2.85. The Morgan fingerprint density at radius 3 is 2.74 bits per heavy atom. The van der Waals surface area contributed by atoms with E-state index in [-0.39, 0.29) is 12.2 Å². The Morgan fingerprint density at radius 2 is 1.89 bits per heavy atom. The van der Waals surface area contributed by atoms with Crippen molar-refractivity contribution in [3.63, 3.8) is 0 Å². The van der Waals surface area contributed by atoms with Crippen LogP contribution in [0, 0.1) is 0 Å². The largest absolute Gasteiger partial charge is 0.454 e. The molecule has 1 aliphatic heterocycles. The molecule has 0 N–H and O–H groups in total. The Hall–Kier alpha value is -1.38. The number of rotatable bonds is 3. The molecule has 0 saturated heterocycles. The van der Waals surface area contributed by atoms with Gasteiger partial charge in [-0.3, -0.25) is 0 Å². The normalized spacial score (nSPS) is 14.4. The third-order valence-electron chi connectivity index (χ3n) is 3.06. The molecule has 1 unspecified atom stereocenters. The van der Waals surface area contributed by atoms with Crippen LogP contribution in [0.1, 0.15) is 16.5 Å². The molecule has 1 atom stereocenters. The maximum Gasteiger partial charge on any atom is 0.231 e. The highest BCUT2D eigenvalue weighted by Crippen LogP contribution is 2.36. The van der Waals surface area contributed by atoms with E-state index in [2.05, 4.69) is 0 Å². The molecule has 0 amide bonds. The molecule has 2 aromatic rings. The Morgan fingerprint density at radius 1 is 1.05 bits per heavy atom. The maximum atomic E-state index is 6.46. The van der Waals surface area contributed by atoms with Gasteiger partial charge < -0.3 is 9.47 Å². The molecule has 2 aromatic carbocycles. The third kappa shape index (κ3) is 2.80. The van der Waals surface area contributed by atoms with Gasteiger partial charge in [0.15, 0.2) is 11.5 Å². The Kier molecular flexibility index (Phi) is 3.54. The first-order valence-corrected chi connectivity index (χ1v) is 6.82. The van der Waals surface area contributed by atoms with Crippen LogP contribution in [0.2, 0.25) is 5.02 Å². The summed E-state index contributed by atoms with van der Waals surface area (Å²) in [6.45, 7) is 0.278. The molecule has 0 radical (unpaired) electrons. The van der Waals surface area contributed by atoms with Crippen LogP contribution in [0.5, 0.6) is 11.5 Å². The molecule has 1 aliphatic rings. The summed E-state index contributed by atoms with van der Waals surface area (Å²) in [6.07, 6.45) is 0.724. The van der Waals surface area contributed by atoms with Crippen LogP contribution < -0.4 is 9.47 Å². The molecule has 2 nitrogen and oxygen atoms in total. The second-order valence-electron chi connectivity index (χ2n) is 4.41. The summed E-state index contributed by atoms with van der Waals surface area (Å²) < 4.78 is 10.6. The number of alkyl halides is 1. The van der Waals surface area contributed by atoms with Gasteiger partial charge in [-0.15, -0.1) is 11.6 Å². The Balaban J connectivity index is 1.78. The van der Waals surface area contributed by atoms with Crippen molar-refractivity contribution in [2.45, 2.75) is 11.8 Å². The molecule has 0 aliphatic carbocycles. The predicted molar refractivity (Wildman–Crippen MR) is 76.3 cm³/mol. The smallest absolute Gasteiger partial charge is 0.231 e. The summed E-state index contributed by atoms with van der Waals surface area (Å²) in [5.74, 6) is 1.53. The number of halogens is 2. The minimum Gasteiger partial charge on any atom is -0.454 e. The lowest BCUT2D eigenvalue weighted by atomic mass is 10.0. The van der Waals surface area contributed by atoms with Crippen molar-refractivity contribution in [2.24, 2.45) is 0 Å². The zero-order chi connectivity index (χ0) is 13.2. The van der Waals surface area contributed by atoms with Crippen LogP contribution in [0.3, 0.4) is 0 Å². The van der Waals surface area contributed by atoms with Crippen LogP contribution >= 0.6 is 23.2 Å². The van der Waals surface area contributed by atoms with Crippen molar-refractivity contribution < 1.29 is 9.47 Å². The molecule has 0 spiro atoms. The van der Waals surface area contributed by atoms with E-state index in [0.29, 0.717) is 0 Å². The van der Waals surface area contributed by atoms with Gasteiger partial charge in [-0.25, -0.2) is 0 Å². The van der Waals surface area contributed by atoms with Crippen molar-refractivity contribution in [3.05, 3.63) is 58.6 Å². The van der Waals surface area contributed by atoms with E-state index in [0.717, 1.165) is 34.1 Å². The van der Waals surface area contributed by atoms with Crippen molar-refractivity contribution in [1.29, 1.82) is 0 Å². The highest BCUT2D eigenvalue weighted by atomic mass is 35.5. The molecule has 1 heterocycles. The fourth-order valence-corrected chi connectivity index (χ4v) is 2.62. The highest BCUT2D eigenvalue weighted by molar-refractivity contribution is 6.30.